The van der Waals surface area contributed by atoms with Crippen molar-refractivity contribution < 1.29 is 24.4 Å². The van der Waals surface area contributed by atoms with Crippen LogP contribution in [0.3, 0.4) is 0 Å². The first kappa shape index (κ1) is 20.0. The molecule has 0 unspecified atom stereocenters. The van der Waals surface area contributed by atoms with Gasteiger partial charge in [-0.2, -0.15) is 4.65 Å². The lowest BCUT2D eigenvalue weighted by molar-refractivity contribution is -1.11. The highest BCUT2D eigenvalue weighted by Crippen LogP contribution is 2.35. The van der Waals surface area contributed by atoms with Crippen molar-refractivity contribution in [3.63, 3.8) is 0 Å². The fourth-order valence-corrected chi connectivity index (χ4v) is 4.55. The van der Waals surface area contributed by atoms with E-state index >= 15 is 0 Å². The predicted molar refractivity (Wildman–Crippen MR) is 115 cm³/mol. The zero-order valence-corrected chi connectivity index (χ0v) is 17.8. The lowest BCUT2D eigenvalue weighted by atomic mass is 10.1. The molecule has 0 radical (unpaired) electrons. The zero-order chi connectivity index (χ0) is 21.6. The van der Waals surface area contributed by atoms with E-state index in [0.717, 1.165) is 28.8 Å². The second kappa shape index (κ2) is 7.64. The van der Waals surface area contributed by atoms with Gasteiger partial charge in [-0.3, -0.25) is 9.39 Å². The van der Waals surface area contributed by atoms with E-state index in [2.05, 4.69) is 4.98 Å². The van der Waals surface area contributed by atoms with Crippen molar-refractivity contribution in [3.8, 4) is 11.5 Å². The van der Waals surface area contributed by atoms with Gasteiger partial charge >= 0.3 is 0 Å². The number of fused-ring (bicyclic) bond motifs is 2. The minimum Gasteiger partial charge on any atom is -0.871 e. The molecule has 0 amide bonds. The first-order valence-electron chi connectivity index (χ1n) is 10.6. The van der Waals surface area contributed by atoms with E-state index < -0.39 is 0 Å². The van der Waals surface area contributed by atoms with Gasteiger partial charge in [0.15, 0.2) is 0 Å². The van der Waals surface area contributed by atoms with Gasteiger partial charge in [0.1, 0.15) is 31.2 Å². The molecule has 0 spiro atoms. The molecule has 2 aromatic carbocycles. The summed E-state index contributed by atoms with van der Waals surface area (Å²) in [7, 11) is 1.59. The number of benzene rings is 2. The van der Waals surface area contributed by atoms with Gasteiger partial charge in [0.25, 0.3) is 0 Å². The number of ether oxygens (including phenoxy) is 2. The van der Waals surface area contributed by atoms with Crippen LogP contribution in [0.1, 0.15) is 12.2 Å². The van der Waals surface area contributed by atoms with Crippen molar-refractivity contribution in [3.05, 3.63) is 41.5 Å². The Morgan fingerprint density at radius 2 is 2.06 bits per heavy atom. The average Bonchev–Trinajstić information content (AvgIpc) is 3.11. The van der Waals surface area contributed by atoms with Crippen LogP contribution < -0.4 is 15.2 Å². The van der Waals surface area contributed by atoms with Gasteiger partial charge in [-0.05, 0) is 42.6 Å². The third-order valence-electron chi connectivity index (χ3n) is 6.20. The Balaban J connectivity index is 1.60. The molecule has 0 bridgehead atoms. The third kappa shape index (κ3) is 3.37. The van der Waals surface area contributed by atoms with E-state index in [4.69, 9.17) is 14.5 Å². The molecule has 31 heavy (non-hydrogen) atoms. The van der Waals surface area contributed by atoms with Crippen LogP contribution in [0.2, 0.25) is 0 Å². The number of methoxy groups -OCH3 is 1. The number of imidazole rings is 1. The lowest BCUT2D eigenvalue weighted by Crippen LogP contribution is -2.53. The zero-order valence-electron chi connectivity index (χ0n) is 17.8. The lowest BCUT2D eigenvalue weighted by Gasteiger charge is -2.33. The highest BCUT2D eigenvalue weighted by Gasteiger charge is 2.28. The molecule has 0 atom stereocenters. The number of morpholine rings is 1. The van der Waals surface area contributed by atoms with Gasteiger partial charge in [-0.1, -0.05) is 5.75 Å². The Labute approximate surface area is 179 Å². The van der Waals surface area contributed by atoms with Crippen LogP contribution in [0.4, 0.5) is 0 Å². The normalized spacial score (nSPS) is 17.2. The molecule has 8 heteroatoms. The predicted octanol–water partition coefficient (Wildman–Crippen LogP) is 2.00. The number of nitrogens with zero attached hydrogens (tertiary/aromatic N) is 4. The molecular formula is C23H26N4O4. The summed E-state index contributed by atoms with van der Waals surface area (Å²) in [5.74, 6) is 1.40. The quantitative estimate of drug-likeness (QED) is 0.302. The summed E-state index contributed by atoms with van der Waals surface area (Å²) in [5.41, 5.74) is 2.41. The van der Waals surface area contributed by atoms with E-state index in [9.17, 15) is 10.3 Å². The second-order valence-corrected chi connectivity index (χ2v) is 8.15. The largest absolute Gasteiger partial charge is 0.871 e. The number of pyridine rings is 1. The molecular weight excluding hydrogens is 396 g/mol. The van der Waals surface area contributed by atoms with Gasteiger partial charge in [-0.15, -0.1) is 0 Å². The van der Waals surface area contributed by atoms with Crippen LogP contribution in [0, 0.1) is 6.92 Å². The topological polar surface area (TPSA) is 91.4 Å². The Bertz CT molecular complexity index is 1320. The molecule has 3 heterocycles. The van der Waals surface area contributed by atoms with E-state index in [0.29, 0.717) is 61.3 Å². The highest BCUT2D eigenvalue weighted by atomic mass is 16.6. The maximum atomic E-state index is 13.5. The standard InChI is InChI=1S/C23H26N4O4/c1-15-25-19-6-5-18(24-8-3-9-27(29)10-12-31-13-11-27)21-22(19)26(15)20-7-4-16(30-2)14-17(20)23(21)28/h4-7,14,29H,3,8-13H2,1-2H3. The summed E-state index contributed by atoms with van der Waals surface area (Å²) in [4.78, 5) is 9.41. The summed E-state index contributed by atoms with van der Waals surface area (Å²) in [5, 5.41) is 25.9. The van der Waals surface area contributed by atoms with E-state index in [-0.39, 0.29) is 10.4 Å². The molecule has 1 aliphatic heterocycles. The molecule has 0 saturated carbocycles. The van der Waals surface area contributed by atoms with Gasteiger partial charge in [-0.25, -0.2) is 10.2 Å². The Morgan fingerprint density at radius 1 is 1.26 bits per heavy atom. The van der Waals surface area contributed by atoms with Crippen molar-refractivity contribution in [2.75, 3.05) is 46.5 Å². The summed E-state index contributed by atoms with van der Waals surface area (Å²) in [6, 6.07) is 9.33. The van der Waals surface area contributed by atoms with Crippen molar-refractivity contribution in [2.24, 2.45) is 4.99 Å². The molecule has 4 aromatic rings. The number of aryl methyl sites for hydroxylation is 1. The smallest absolute Gasteiger partial charge is 0.132 e. The fraction of sp³-hybridized carbons (Fsp3) is 0.391. The molecule has 8 nitrogen and oxygen atoms in total. The maximum Gasteiger partial charge on any atom is 0.132 e. The van der Waals surface area contributed by atoms with Crippen LogP contribution >= 0.6 is 0 Å². The monoisotopic (exact) mass is 422 g/mol. The van der Waals surface area contributed by atoms with Crippen molar-refractivity contribution in [2.45, 2.75) is 13.3 Å². The molecule has 1 N–H and O–H groups in total. The summed E-state index contributed by atoms with van der Waals surface area (Å²) < 4.78 is 12.7. The number of hydrogen-bond donors (Lipinski definition) is 1. The summed E-state index contributed by atoms with van der Waals surface area (Å²) >= 11 is 0. The SMILES string of the molecule is COc1ccc2c(c1)c([O-])c1c(=NCCC[N+]3(O)CCOCC3)ccc3nc(C)n2c31. The molecule has 1 aliphatic rings. The number of hydroxylamine groups is 3. The first-order chi connectivity index (χ1) is 15.0. The first-order valence-corrected chi connectivity index (χ1v) is 10.6. The minimum atomic E-state index is -0.0653. The van der Waals surface area contributed by atoms with Crippen LogP contribution in [0.25, 0.3) is 27.3 Å². The molecule has 2 aromatic heterocycles. The average molecular weight is 422 g/mol. The third-order valence-corrected chi connectivity index (χ3v) is 6.20. The molecule has 5 rings (SSSR count). The maximum absolute atomic E-state index is 13.5. The highest BCUT2D eigenvalue weighted by molar-refractivity contribution is 6.07. The summed E-state index contributed by atoms with van der Waals surface area (Å²) in [6.45, 7) is 5.46. The number of hydrogen-bond acceptors (Lipinski definition) is 6. The van der Waals surface area contributed by atoms with Crippen molar-refractivity contribution in [1.29, 1.82) is 0 Å². The van der Waals surface area contributed by atoms with Crippen LogP contribution in [-0.4, -0.2) is 65.7 Å². The van der Waals surface area contributed by atoms with Crippen LogP contribution in [0.5, 0.6) is 11.5 Å². The van der Waals surface area contributed by atoms with Crippen LogP contribution in [0.15, 0.2) is 35.3 Å². The number of quaternary nitrogens is 1. The molecule has 162 valence electrons. The van der Waals surface area contributed by atoms with Crippen molar-refractivity contribution >= 4 is 27.3 Å². The van der Waals surface area contributed by atoms with Gasteiger partial charge in [0, 0.05) is 18.4 Å². The van der Waals surface area contributed by atoms with E-state index in [1.165, 1.54) is 0 Å². The minimum absolute atomic E-state index is 0.0273. The van der Waals surface area contributed by atoms with Crippen molar-refractivity contribution in [1.82, 2.24) is 9.38 Å². The van der Waals surface area contributed by atoms with Gasteiger partial charge in [0.05, 0.1) is 42.2 Å². The molecule has 0 aliphatic carbocycles. The van der Waals surface area contributed by atoms with Gasteiger partial charge < -0.3 is 14.6 Å². The van der Waals surface area contributed by atoms with E-state index in [1.54, 1.807) is 13.2 Å². The Morgan fingerprint density at radius 3 is 2.84 bits per heavy atom. The van der Waals surface area contributed by atoms with Crippen LogP contribution in [-0.2, 0) is 4.74 Å². The van der Waals surface area contributed by atoms with E-state index in [1.807, 2.05) is 35.6 Å². The number of rotatable bonds is 5. The molecule has 1 fully saturated rings. The Hall–Kier alpha value is -2.94. The Kier molecular flexibility index (Phi) is 4.92. The second-order valence-electron chi connectivity index (χ2n) is 8.15. The van der Waals surface area contributed by atoms with Gasteiger partial charge in [0.2, 0.25) is 0 Å². The summed E-state index contributed by atoms with van der Waals surface area (Å²) in [6.07, 6.45) is 0.727. The fourth-order valence-electron chi connectivity index (χ4n) is 4.55. The number of aromatic nitrogens is 2. The molecule has 1 saturated heterocycles.